The van der Waals surface area contributed by atoms with Crippen LogP contribution in [0, 0.1) is 12.3 Å². The molecule has 0 aliphatic carbocycles. The van der Waals surface area contributed by atoms with E-state index in [4.69, 9.17) is 0 Å². The van der Waals surface area contributed by atoms with Crippen LogP contribution in [0.2, 0.25) is 0 Å². The van der Waals surface area contributed by atoms with Crippen molar-refractivity contribution < 1.29 is 4.79 Å². The largest absolute Gasteiger partial charge is 0.278 e. The highest BCUT2D eigenvalue weighted by molar-refractivity contribution is 6.01. The van der Waals surface area contributed by atoms with Crippen LogP contribution >= 0.6 is 0 Å². The minimum Gasteiger partial charge on any atom is -0.267 e. The molecular formula is C15H18N2O. The summed E-state index contributed by atoms with van der Waals surface area (Å²) < 4.78 is 0. The van der Waals surface area contributed by atoms with E-state index in [0.717, 1.165) is 17.0 Å². The zero-order chi connectivity index (χ0) is 13.5. The highest BCUT2D eigenvalue weighted by atomic mass is 16.2. The van der Waals surface area contributed by atoms with E-state index in [1.165, 1.54) is 5.01 Å². The number of benzene rings is 1. The molecule has 0 unspecified atom stereocenters. The Morgan fingerprint density at radius 3 is 2.22 bits per heavy atom. The third-order valence-corrected chi connectivity index (χ3v) is 3.62. The molecular weight excluding hydrogens is 224 g/mol. The van der Waals surface area contributed by atoms with Gasteiger partial charge in [-0.1, -0.05) is 24.3 Å². The molecule has 3 nitrogen and oxygen atoms in total. The molecule has 2 rings (SSSR count). The lowest BCUT2D eigenvalue weighted by Gasteiger charge is -2.22. The molecule has 18 heavy (non-hydrogen) atoms. The van der Waals surface area contributed by atoms with Crippen molar-refractivity contribution in [2.75, 3.05) is 0 Å². The molecule has 0 spiro atoms. The first-order chi connectivity index (χ1) is 8.34. The van der Waals surface area contributed by atoms with E-state index in [9.17, 15) is 4.79 Å². The van der Waals surface area contributed by atoms with Gasteiger partial charge in [-0.3, -0.25) is 4.79 Å². The molecule has 1 aliphatic heterocycles. The van der Waals surface area contributed by atoms with E-state index in [1.807, 2.05) is 52.0 Å². The van der Waals surface area contributed by atoms with Crippen molar-refractivity contribution in [3.05, 3.63) is 47.7 Å². The molecule has 0 saturated heterocycles. The van der Waals surface area contributed by atoms with Crippen molar-refractivity contribution in [2.45, 2.75) is 27.7 Å². The normalized spacial score (nSPS) is 17.9. The van der Waals surface area contributed by atoms with Crippen molar-refractivity contribution in [1.82, 2.24) is 5.01 Å². The summed E-state index contributed by atoms with van der Waals surface area (Å²) in [6.07, 6.45) is 0. The number of hydrogen-bond acceptors (Lipinski definition) is 2. The standard InChI is InChI=1S/C15H18N2O/c1-10-6-8-13(9-7-10)14(18)17-12(3)15(4,5)11(2)16-17/h6-9H,3H2,1-2,4-5H3. The number of hydrazone groups is 1. The third-order valence-electron chi connectivity index (χ3n) is 3.62. The van der Waals surface area contributed by atoms with E-state index >= 15 is 0 Å². The van der Waals surface area contributed by atoms with Gasteiger partial charge in [-0.15, -0.1) is 0 Å². The first kappa shape index (κ1) is 12.6. The van der Waals surface area contributed by atoms with Crippen LogP contribution in [-0.4, -0.2) is 16.6 Å². The summed E-state index contributed by atoms with van der Waals surface area (Å²) in [4.78, 5) is 12.4. The number of allylic oxidation sites excluding steroid dienone is 1. The predicted octanol–water partition coefficient (Wildman–Crippen LogP) is 3.37. The Balaban J connectivity index is 2.32. The lowest BCUT2D eigenvalue weighted by Crippen LogP contribution is -2.27. The molecule has 0 bridgehead atoms. The smallest absolute Gasteiger partial charge is 0.267 e. The van der Waals surface area contributed by atoms with E-state index in [2.05, 4.69) is 11.7 Å². The zero-order valence-electron chi connectivity index (χ0n) is 11.3. The summed E-state index contributed by atoms with van der Waals surface area (Å²) >= 11 is 0. The molecule has 0 atom stereocenters. The Bertz CT molecular complexity index is 538. The lowest BCUT2D eigenvalue weighted by molar-refractivity contribution is 0.0806. The highest BCUT2D eigenvalue weighted by Gasteiger charge is 2.38. The van der Waals surface area contributed by atoms with Crippen molar-refractivity contribution >= 4 is 11.6 Å². The zero-order valence-corrected chi connectivity index (χ0v) is 11.3. The van der Waals surface area contributed by atoms with Gasteiger partial charge in [0.15, 0.2) is 0 Å². The number of rotatable bonds is 1. The van der Waals surface area contributed by atoms with Crippen LogP contribution in [0.5, 0.6) is 0 Å². The molecule has 3 heteroatoms. The highest BCUT2D eigenvalue weighted by Crippen LogP contribution is 2.36. The Morgan fingerprint density at radius 2 is 1.78 bits per heavy atom. The van der Waals surface area contributed by atoms with Gasteiger partial charge in [0.2, 0.25) is 0 Å². The molecule has 1 aromatic carbocycles. The number of carbonyl (C=O) groups is 1. The van der Waals surface area contributed by atoms with Crippen LogP contribution in [0.25, 0.3) is 0 Å². The van der Waals surface area contributed by atoms with Gasteiger partial charge in [-0.05, 0) is 39.8 Å². The maximum Gasteiger partial charge on any atom is 0.278 e. The molecule has 1 aliphatic rings. The van der Waals surface area contributed by atoms with Crippen molar-refractivity contribution in [3.8, 4) is 0 Å². The van der Waals surface area contributed by atoms with Crippen LogP contribution in [-0.2, 0) is 0 Å². The summed E-state index contributed by atoms with van der Waals surface area (Å²) in [6, 6.07) is 7.49. The molecule has 0 fully saturated rings. The Morgan fingerprint density at radius 1 is 1.22 bits per heavy atom. The van der Waals surface area contributed by atoms with Gasteiger partial charge in [0, 0.05) is 16.7 Å². The second kappa shape index (κ2) is 4.09. The number of amides is 1. The minimum absolute atomic E-state index is 0.120. The Labute approximate surface area is 108 Å². The van der Waals surface area contributed by atoms with Gasteiger partial charge >= 0.3 is 0 Å². The first-order valence-electron chi connectivity index (χ1n) is 6.00. The molecule has 0 aromatic heterocycles. The maximum absolute atomic E-state index is 12.4. The van der Waals surface area contributed by atoms with Gasteiger partial charge in [-0.2, -0.15) is 5.10 Å². The summed E-state index contributed by atoms with van der Waals surface area (Å²) in [5.74, 6) is -0.120. The lowest BCUT2D eigenvalue weighted by atomic mass is 9.86. The fourth-order valence-corrected chi connectivity index (χ4v) is 1.80. The number of nitrogens with zero attached hydrogens (tertiary/aromatic N) is 2. The quantitative estimate of drug-likeness (QED) is 0.743. The van der Waals surface area contributed by atoms with E-state index < -0.39 is 0 Å². The molecule has 94 valence electrons. The first-order valence-corrected chi connectivity index (χ1v) is 6.00. The second-order valence-corrected chi connectivity index (χ2v) is 5.24. The molecule has 0 N–H and O–H groups in total. The summed E-state index contributed by atoms with van der Waals surface area (Å²) in [6.45, 7) is 12.0. The van der Waals surface area contributed by atoms with Crippen LogP contribution in [0.3, 0.4) is 0 Å². The van der Waals surface area contributed by atoms with Crippen molar-refractivity contribution in [2.24, 2.45) is 10.5 Å². The molecule has 0 radical (unpaired) electrons. The molecule has 1 aromatic rings. The fraction of sp³-hybridized carbons (Fsp3) is 0.333. The fourth-order valence-electron chi connectivity index (χ4n) is 1.80. The van der Waals surface area contributed by atoms with E-state index in [1.54, 1.807) is 0 Å². The van der Waals surface area contributed by atoms with Gasteiger partial charge in [-0.25, -0.2) is 5.01 Å². The molecule has 0 saturated carbocycles. The average Bonchev–Trinajstić information content (AvgIpc) is 2.53. The summed E-state index contributed by atoms with van der Waals surface area (Å²) in [5.41, 5.74) is 3.15. The SMILES string of the molecule is C=C1N(C(=O)c2ccc(C)cc2)N=C(C)C1(C)C. The summed E-state index contributed by atoms with van der Waals surface area (Å²) in [5, 5.41) is 5.74. The van der Waals surface area contributed by atoms with E-state index in [-0.39, 0.29) is 11.3 Å². The Hall–Kier alpha value is -1.90. The number of aryl methyl sites for hydroxylation is 1. The molecule has 1 amide bonds. The maximum atomic E-state index is 12.4. The van der Waals surface area contributed by atoms with Gasteiger partial charge in [0.25, 0.3) is 5.91 Å². The van der Waals surface area contributed by atoms with Gasteiger partial charge < -0.3 is 0 Å². The van der Waals surface area contributed by atoms with Crippen molar-refractivity contribution in [1.29, 1.82) is 0 Å². The topological polar surface area (TPSA) is 32.7 Å². The van der Waals surface area contributed by atoms with Crippen molar-refractivity contribution in [3.63, 3.8) is 0 Å². The van der Waals surface area contributed by atoms with Crippen LogP contribution in [0.1, 0.15) is 36.7 Å². The summed E-state index contributed by atoms with van der Waals surface area (Å²) in [7, 11) is 0. The van der Waals surface area contributed by atoms with E-state index in [0.29, 0.717) is 5.56 Å². The minimum atomic E-state index is -0.250. The van der Waals surface area contributed by atoms with Crippen LogP contribution in [0.15, 0.2) is 41.6 Å². The monoisotopic (exact) mass is 242 g/mol. The average molecular weight is 242 g/mol. The predicted molar refractivity (Wildman–Crippen MR) is 73.4 cm³/mol. The van der Waals surface area contributed by atoms with Gasteiger partial charge in [0.1, 0.15) is 0 Å². The number of hydrogen-bond donors (Lipinski definition) is 0. The van der Waals surface area contributed by atoms with Crippen LogP contribution < -0.4 is 0 Å². The third kappa shape index (κ3) is 1.86. The molecule has 1 heterocycles. The second-order valence-electron chi connectivity index (χ2n) is 5.24. The van der Waals surface area contributed by atoms with Gasteiger partial charge in [0.05, 0.1) is 5.70 Å². The van der Waals surface area contributed by atoms with Crippen LogP contribution in [0.4, 0.5) is 0 Å². The number of carbonyl (C=O) groups excluding carboxylic acids is 1. The Kier molecular flexibility index (Phi) is 2.85.